The van der Waals surface area contributed by atoms with E-state index < -0.39 is 58.3 Å². The molecule has 3 aromatic carbocycles. The van der Waals surface area contributed by atoms with Gasteiger partial charge in [0.15, 0.2) is 0 Å². The van der Waals surface area contributed by atoms with E-state index in [1.54, 1.807) is 53.7 Å². The van der Waals surface area contributed by atoms with Crippen molar-refractivity contribution in [3.05, 3.63) is 165 Å². The summed E-state index contributed by atoms with van der Waals surface area (Å²) in [5.41, 5.74) is 6.26. The smallest absolute Gasteiger partial charge is 0.419 e. The van der Waals surface area contributed by atoms with Gasteiger partial charge in [-0.25, -0.2) is 54.4 Å². The molecular weight excluding hydrogens is 1220 g/mol. The molecule has 0 spiro atoms. The fourth-order valence-electron chi connectivity index (χ4n) is 12.7. The van der Waals surface area contributed by atoms with Gasteiger partial charge in [-0.2, -0.15) is 10.2 Å². The lowest BCUT2D eigenvalue weighted by atomic mass is 10.1. The third-order valence-electron chi connectivity index (χ3n) is 17.7. The number of carbonyl (C=O) groups is 3. The summed E-state index contributed by atoms with van der Waals surface area (Å²) in [6, 6.07) is 20.9. The molecule has 15 nitrogen and oxygen atoms in total. The first kappa shape index (κ1) is 64.7. The van der Waals surface area contributed by atoms with Crippen molar-refractivity contribution in [1.82, 2.24) is 38.6 Å². The minimum atomic E-state index is -0.773. The van der Waals surface area contributed by atoms with Gasteiger partial charge in [-0.1, -0.05) is 30.4 Å². The molecule has 1 N–H and O–H groups in total. The van der Waals surface area contributed by atoms with Gasteiger partial charge in [0.2, 0.25) is 0 Å². The summed E-state index contributed by atoms with van der Waals surface area (Å²) in [5, 5.41) is 9.55. The molecule has 93 heavy (non-hydrogen) atoms. The summed E-state index contributed by atoms with van der Waals surface area (Å²) < 4.78 is 105. The number of nitrogens with zero attached hydrogens (tertiary/aromatic N) is 9. The monoisotopic (exact) mass is 1300 g/mol. The summed E-state index contributed by atoms with van der Waals surface area (Å²) >= 11 is 5.51. The molecule has 0 atom stereocenters. The number of nitrogens with one attached hydrogen (secondary N) is 1. The van der Waals surface area contributed by atoms with Crippen molar-refractivity contribution in [2.24, 2.45) is 5.92 Å². The highest BCUT2D eigenvalue weighted by molar-refractivity contribution is 7.80. The number of carbonyl (C=O) groups excluding carboxylic acids is 3. The van der Waals surface area contributed by atoms with Crippen molar-refractivity contribution in [2.75, 3.05) is 29.4 Å². The van der Waals surface area contributed by atoms with Crippen molar-refractivity contribution >= 4 is 46.8 Å². The molecule has 3 fully saturated rings. The highest BCUT2D eigenvalue weighted by Gasteiger charge is 2.37. The Labute approximate surface area is 542 Å². The van der Waals surface area contributed by atoms with Gasteiger partial charge in [0, 0.05) is 119 Å². The zero-order valence-electron chi connectivity index (χ0n) is 53.8. The van der Waals surface area contributed by atoms with Crippen molar-refractivity contribution in [1.29, 1.82) is 0 Å². The molecule has 490 valence electrons. The highest BCUT2D eigenvalue weighted by Crippen LogP contribution is 2.44. The van der Waals surface area contributed by atoms with E-state index in [9.17, 15) is 40.7 Å². The minimum absolute atomic E-state index is 0.0214. The molecule has 14 rings (SSSR count). The van der Waals surface area contributed by atoms with Crippen LogP contribution in [-0.4, -0.2) is 92.4 Å². The van der Waals surface area contributed by atoms with Gasteiger partial charge in [-0.15, -0.1) is 0 Å². The third kappa shape index (κ3) is 14.0. The molecule has 6 aliphatic rings. The number of Topliss-reactive ketones (excluding diaryl/α,β-unsaturated/α-hetero) is 1. The lowest BCUT2D eigenvalue weighted by molar-refractivity contribution is -0.119. The van der Waals surface area contributed by atoms with E-state index in [0.717, 1.165) is 103 Å². The van der Waals surface area contributed by atoms with Crippen LogP contribution in [0.1, 0.15) is 157 Å². The maximum absolute atomic E-state index is 14.8. The lowest BCUT2D eigenvalue weighted by Crippen LogP contribution is -2.37. The number of benzene rings is 3. The van der Waals surface area contributed by atoms with Crippen molar-refractivity contribution in [3.63, 3.8) is 0 Å². The number of hydrogen-bond donors (Lipinski definition) is 1. The second-order valence-electron chi connectivity index (χ2n) is 27.0. The molecule has 3 saturated carbocycles. The summed E-state index contributed by atoms with van der Waals surface area (Å²) in [4.78, 5) is 48.7. The number of fused-ring (bicyclic) bond motifs is 3. The Morgan fingerprint density at radius 3 is 1.40 bits per heavy atom. The van der Waals surface area contributed by atoms with Gasteiger partial charge in [0.05, 0.1) is 56.6 Å². The zero-order valence-corrected chi connectivity index (χ0v) is 54.6. The molecule has 22 heteroatoms. The topological polar surface area (TPSA) is 141 Å². The Balaban J connectivity index is 0.000000135. The number of H-pyrrole nitrogens is 1. The minimum Gasteiger partial charge on any atom is -0.443 e. The number of ether oxygens (including phenoxy) is 2. The van der Waals surface area contributed by atoms with E-state index in [1.165, 1.54) is 83.0 Å². The Morgan fingerprint density at radius 1 is 0.548 bits per heavy atom. The fourth-order valence-corrected chi connectivity index (χ4v) is 13.0. The van der Waals surface area contributed by atoms with E-state index in [2.05, 4.69) is 45.4 Å². The quantitative estimate of drug-likeness (QED) is 0.0923. The lowest BCUT2D eigenvalue weighted by Gasteiger charge is -2.30. The molecule has 0 amide bonds. The van der Waals surface area contributed by atoms with Crippen molar-refractivity contribution < 1.29 is 50.2 Å². The maximum atomic E-state index is 14.8. The van der Waals surface area contributed by atoms with Crippen LogP contribution in [0.25, 0.3) is 33.8 Å². The Kier molecular flexibility index (Phi) is 18.0. The normalized spacial score (nSPS) is 16.2. The van der Waals surface area contributed by atoms with Gasteiger partial charge in [0.1, 0.15) is 63.5 Å². The van der Waals surface area contributed by atoms with Crippen LogP contribution in [0.5, 0.6) is 0 Å². The van der Waals surface area contributed by atoms with Crippen LogP contribution in [0, 0.1) is 40.8 Å². The molecule has 8 heterocycles. The highest BCUT2D eigenvalue weighted by atomic mass is 32.1. The molecule has 5 aromatic heterocycles. The molecular formula is C71H78F6N10O5S. The Morgan fingerprint density at radius 2 is 0.968 bits per heavy atom. The maximum Gasteiger partial charge on any atom is 0.419 e. The standard InChI is InChI=1S/C26H30F2N4O2.C24H26F2N2O3S.C21H22F2N4/c1-5-31-23(14-20(29-31)16-9-10-16)30-12-11-21-17(15-30)13-22(24-18(27)7-6-8-19(24)28)32(21)25(33)34-26(2,3)4;1-24(2,3)31-23(30)28-18-9-10-27(21(32)12-20(29)14-7-8-14)13-15(18)11-19(28)22-16(25)5-4-6-17(22)26;1-2-27-20(11-18(25-27)13-6-7-13)26-9-8-17-14(12-26)10-19(24-17)21-15(22)4-3-5-16(21)23/h6-8,13-14,16H,5,9-12,15H2,1-4H3;4-6,11,14H,7-10,12-13H2,1-3H3;3-5,10-11,13,24H,2,6-9,12H2,1H3. The molecule has 8 aromatic rings. The molecule has 0 saturated heterocycles. The summed E-state index contributed by atoms with van der Waals surface area (Å²) in [6.07, 6.45) is 7.41. The van der Waals surface area contributed by atoms with Crippen LogP contribution < -0.4 is 9.80 Å². The van der Waals surface area contributed by atoms with Gasteiger partial charge < -0.3 is 29.2 Å². The largest absolute Gasteiger partial charge is 0.443 e. The number of anilines is 2. The Hall–Kier alpha value is -8.40. The predicted octanol–water partition coefficient (Wildman–Crippen LogP) is 15.8. The van der Waals surface area contributed by atoms with Gasteiger partial charge in [-0.05, 0) is 165 Å². The number of aromatic amines is 1. The van der Waals surface area contributed by atoms with Crippen LogP contribution in [0.2, 0.25) is 0 Å². The van der Waals surface area contributed by atoms with Crippen molar-refractivity contribution in [3.8, 4) is 33.8 Å². The molecule has 0 unspecified atom stereocenters. The number of aryl methyl sites for hydroxylation is 2. The second-order valence-corrected chi connectivity index (χ2v) is 27.4. The van der Waals surface area contributed by atoms with Crippen molar-refractivity contribution in [2.45, 2.75) is 175 Å². The van der Waals surface area contributed by atoms with E-state index in [0.29, 0.717) is 67.2 Å². The number of aromatic nitrogens is 7. The van der Waals surface area contributed by atoms with E-state index in [4.69, 9.17) is 31.9 Å². The first-order chi connectivity index (χ1) is 44.3. The molecule has 0 bridgehead atoms. The van der Waals surface area contributed by atoms with Gasteiger partial charge >= 0.3 is 12.2 Å². The predicted molar refractivity (Wildman–Crippen MR) is 347 cm³/mol. The fraction of sp³-hybridized carbons (Fsp3) is 0.437. The molecule has 3 aliphatic carbocycles. The zero-order chi connectivity index (χ0) is 65.9. The third-order valence-corrected chi connectivity index (χ3v) is 18.1. The molecule has 3 aliphatic heterocycles. The summed E-state index contributed by atoms with van der Waals surface area (Å²) in [7, 11) is 0. The first-order valence-electron chi connectivity index (χ1n) is 32.3. The van der Waals surface area contributed by atoms with E-state index >= 15 is 0 Å². The van der Waals surface area contributed by atoms with Crippen LogP contribution >= 0.6 is 12.2 Å². The number of thiocarbonyl (C=S) groups is 1. The number of halogens is 6. The average molecular weight is 1300 g/mol. The summed E-state index contributed by atoms with van der Waals surface area (Å²) in [6.45, 7) is 19.9. The number of rotatable bonds is 12. The van der Waals surface area contributed by atoms with Crippen LogP contribution in [0.15, 0.2) is 84.9 Å². The average Bonchev–Trinajstić information content (AvgIpc) is 1.63. The van der Waals surface area contributed by atoms with E-state index in [-0.39, 0.29) is 46.2 Å². The number of ketones is 1. The van der Waals surface area contributed by atoms with Gasteiger partial charge in [0.25, 0.3) is 0 Å². The van der Waals surface area contributed by atoms with E-state index in [1.807, 2.05) is 15.6 Å². The molecule has 0 radical (unpaired) electrons. The first-order valence-corrected chi connectivity index (χ1v) is 32.7. The van der Waals surface area contributed by atoms with Gasteiger partial charge in [-0.3, -0.25) is 4.79 Å². The van der Waals surface area contributed by atoms with Crippen LogP contribution in [-0.2, 0) is 66.3 Å². The number of hydrogen-bond acceptors (Lipinski definition) is 10. The second kappa shape index (κ2) is 25.8. The SMILES string of the molecule is CC(C)(C)OC(=O)n1c(-c2c(F)cccc2F)cc2c1CCN(C(=S)CC(=O)C1CC1)C2.CCn1nc(C2CC2)cc1N1CCc2[nH]c(-c3c(F)cccc3F)cc2C1.CCn1nc(C2CC2)cc1N1CCc2c(cc(-c3c(F)cccc3F)n2C(=O)OC(C)(C)C)C1. The Bertz CT molecular complexity index is 4130. The summed E-state index contributed by atoms with van der Waals surface area (Å²) in [5.74, 6) is -0.354. The van der Waals surface area contributed by atoms with Crippen LogP contribution in [0.4, 0.5) is 47.6 Å². The van der Waals surface area contributed by atoms with Crippen LogP contribution in [0.3, 0.4) is 0 Å².